The maximum atomic E-state index is 8.61. The Balaban J connectivity index is 2.47. The fourth-order valence-corrected chi connectivity index (χ4v) is 1.96. The molecule has 0 aliphatic carbocycles. The molecule has 0 aromatic carbocycles. The Kier molecular flexibility index (Phi) is 4.57. The van der Waals surface area contributed by atoms with Gasteiger partial charge in [-0.05, 0) is 13.3 Å². The third kappa shape index (κ3) is 3.09. The Morgan fingerprint density at radius 1 is 1.71 bits per heavy atom. The molecule has 0 spiro atoms. The molecular weight excluding hydrogens is 194 g/mol. The molecule has 14 heavy (non-hydrogen) atoms. The largest absolute Gasteiger partial charge is 0.304 e. The van der Waals surface area contributed by atoms with Gasteiger partial charge in [0.25, 0.3) is 0 Å². The number of hydrogen-bond donors (Lipinski definition) is 1. The number of hydrogen-bond acceptors (Lipinski definition) is 4. The highest BCUT2D eigenvalue weighted by molar-refractivity contribution is 7.09. The summed E-state index contributed by atoms with van der Waals surface area (Å²) < 4.78 is 0. The van der Waals surface area contributed by atoms with E-state index in [0.717, 1.165) is 11.4 Å². The smallest absolute Gasteiger partial charge is 0.109 e. The number of thiazole rings is 1. The van der Waals surface area contributed by atoms with Crippen LogP contribution in [-0.2, 0) is 0 Å². The van der Waals surface area contributed by atoms with Crippen LogP contribution in [0.4, 0.5) is 0 Å². The van der Waals surface area contributed by atoms with Crippen LogP contribution in [-0.4, -0.2) is 11.0 Å². The van der Waals surface area contributed by atoms with E-state index in [4.69, 9.17) is 5.26 Å². The van der Waals surface area contributed by atoms with Crippen molar-refractivity contribution < 1.29 is 0 Å². The summed E-state index contributed by atoms with van der Waals surface area (Å²) in [6.45, 7) is 4.17. The number of nitriles is 1. The third-order valence-electron chi connectivity index (χ3n) is 2.14. The zero-order valence-corrected chi connectivity index (χ0v) is 9.34. The molecule has 0 saturated heterocycles. The van der Waals surface area contributed by atoms with Crippen molar-refractivity contribution in [2.24, 2.45) is 0 Å². The summed E-state index contributed by atoms with van der Waals surface area (Å²) in [5, 5.41) is 15.1. The number of rotatable bonds is 5. The standard InChI is InChI=1S/C10H15N3S/c1-3-9(4-5-11)13-8(2)10-12-6-7-14-10/h6-9,13H,3-4H2,1-2H3. The second-order valence-electron chi connectivity index (χ2n) is 3.23. The third-order valence-corrected chi connectivity index (χ3v) is 3.10. The minimum atomic E-state index is 0.244. The van der Waals surface area contributed by atoms with E-state index in [1.807, 2.05) is 11.6 Å². The molecule has 4 heteroatoms. The van der Waals surface area contributed by atoms with Gasteiger partial charge in [0.2, 0.25) is 0 Å². The van der Waals surface area contributed by atoms with Gasteiger partial charge in [-0.2, -0.15) is 5.26 Å². The molecule has 2 unspecified atom stereocenters. The first-order valence-corrected chi connectivity index (χ1v) is 5.68. The minimum Gasteiger partial charge on any atom is -0.304 e. The van der Waals surface area contributed by atoms with Gasteiger partial charge in [0.05, 0.1) is 18.5 Å². The summed E-state index contributed by atoms with van der Waals surface area (Å²) in [6.07, 6.45) is 3.35. The predicted octanol–water partition coefficient (Wildman–Crippen LogP) is 2.49. The van der Waals surface area contributed by atoms with Gasteiger partial charge in [0.1, 0.15) is 5.01 Å². The van der Waals surface area contributed by atoms with Gasteiger partial charge in [-0.3, -0.25) is 0 Å². The van der Waals surface area contributed by atoms with Crippen LogP contribution >= 0.6 is 11.3 Å². The van der Waals surface area contributed by atoms with Crippen LogP contribution in [0.5, 0.6) is 0 Å². The van der Waals surface area contributed by atoms with Crippen LogP contribution in [0.3, 0.4) is 0 Å². The maximum absolute atomic E-state index is 8.61. The van der Waals surface area contributed by atoms with E-state index in [-0.39, 0.29) is 12.1 Å². The van der Waals surface area contributed by atoms with E-state index in [0.29, 0.717) is 6.42 Å². The van der Waals surface area contributed by atoms with Gasteiger partial charge in [0, 0.05) is 17.6 Å². The summed E-state index contributed by atoms with van der Waals surface area (Å²) in [6, 6.07) is 2.71. The minimum absolute atomic E-state index is 0.244. The molecule has 0 aliphatic heterocycles. The highest BCUT2D eigenvalue weighted by atomic mass is 32.1. The molecular formula is C10H15N3S. The average molecular weight is 209 g/mol. The molecule has 0 amide bonds. The van der Waals surface area contributed by atoms with Gasteiger partial charge in [-0.25, -0.2) is 4.98 Å². The van der Waals surface area contributed by atoms with E-state index in [9.17, 15) is 0 Å². The van der Waals surface area contributed by atoms with E-state index in [1.165, 1.54) is 0 Å². The highest BCUT2D eigenvalue weighted by Crippen LogP contribution is 2.16. The lowest BCUT2D eigenvalue weighted by atomic mass is 10.1. The fourth-order valence-electron chi connectivity index (χ4n) is 1.30. The second-order valence-corrected chi connectivity index (χ2v) is 4.15. The topological polar surface area (TPSA) is 48.7 Å². The van der Waals surface area contributed by atoms with Crippen molar-refractivity contribution in [2.45, 2.75) is 38.8 Å². The first-order valence-electron chi connectivity index (χ1n) is 4.80. The van der Waals surface area contributed by atoms with Gasteiger partial charge >= 0.3 is 0 Å². The molecule has 0 bridgehead atoms. The first-order chi connectivity index (χ1) is 6.77. The van der Waals surface area contributed by atoms with E-state index in [2.05, 4.69) is 30.2 Å². The Morgan fingerprint density at radius 2 is 2.50 bits per heavy atom. The molecule has 3 nitrogen and oxygen atoms in total. The van der Waals surface area contributed by atoms with Crippen LogP contribution in [0.25, 0.3) is 0 Å². The quantitative estimate of drug-likeness (QED) is 0.810. The predicted molar refractivity (Wildman–Crippen MR) is 58.0 cm³/mol. The highest BCUT2D eigenvalue weighted by Gasteiger charge is 2.12. The number of nitrogens with zero attached hydrogens (tertiary/aromatic N) is 2. The van der Waals surface area contributed by atoms with Crippen molar-refractivity contribution in [1.29, 1.82) is 5.26 Å². The first kappa shape index (κ1) is 11.2. The molecule has 0 radical (unpaired) electrons. The molecule has 76 valence electrons. The van der Waals surface area contributed by atoms with Crippen LogP contribution in [0.1, 0.15) is 37.7 Å². The zero-order valence-electron chi connectivity index (χ0n) is 8.53. The lowest BCUT2D eigenvalue weighted by Gasteiger charge is -2.18. The van der Waals surface area contributed by atoms with Crippen molar-refractivity contribution in [1.82, 2.24) is 10.3 Å². The van der Waals surface area contributed by atoms with Gasteiger partial charge < -0.3 is 5.32 Å². The van der Waals surface area contributed by atoms with Crippen LogP contribution < -0.4 is 5.32 Å². The van der Waals surface area contributed by atoms with E-state index < -0.39 is 0 Å². The van der Waals surface area contributed by atoms with Crippen LogP contribution in [0, 0.1) is 11.3 Å². The Hall–Kier alpha value is -0.920. The molecule has 1 N–H and O–H groups in total. The Morgan fingerprint density at radius 3 is 3.00 bits per heavy atom. The lowest BCUT2D eigenvalue weighted by Crippen LogP contribution is -2.30. The Labute approximate surface area is 88.8 Å². The molecule has 0 saturated carbocycles. The molecule has 1 heterocycles. The van der Waals surface area contributed by atoms with Crippen LogP contribution in [0.15, 0.2) is 11.6 Å². The van der Waals surface area contributed by atoms with Crippen molar-refractivity contribution in [2.75, 3.05) is 0 Å². The molecule has 0 aliphatic rings. The monoisotopic (exact) mass is 209 g/mol. The van der Waals surface area contributed by atoms with E-state index >= 15 is 0 Å². The average Bonchev–Trinajstić information content (AvgIpc) is 2.69. The Bertz CT molecular complexity index is 289. The van der Waals surface area contributed by atoms with Crippen molar-refractivity contribution >= 4 is 11.3 Å². The van der Waals surface area contributed by atoms with Gasteiger partial charge in [-0.1, -0.05) is 6.92 Å². The normalized spacial score (nSPS) is 14.6. The summed E-state index contributed by atoms with van der Waals surface area (Å²) in [7, 11) is 0. The maximum Gasteiger partial charge on any atom is 0.109 e. The lowest BCUT2D eigenvalue weighted by molar-refractivity contribution is 0.447. The summed E-state index contributed by atoms with van der Waals surface area (Å²) in [5.41, 5.74) is 0. The molecule has 1 rings (SSSR count). The molecule has 1 aromatic heterocycles. The van der Waals surface area contributed by atoms with E-state index in [1.54, 1.807) is 11.3 Å². The summed E-state index contributed by atoms with van der Waals surface area (Å²) in [4.78, 5) is 4.24. The van der Waals surface area contributed by atoms with Crippen molar-refractivity contribution in [3.05, 3.63) is 16.6 Å². The molecule has 0 fully saturated rings. The van der Waals surface area contributed by atoms with Gasteiger partial charge in [-0.15, -0.1) is 11.3 Å². The zero-order chi connectivity index (χ0) is 10.4. The summed E-state index contributed by atoms with van der Waals surface area (Å²) >= 11 is 1.65. The fraction of sp³-hybridized carbons (Fsp3) is 0.600. The number of aromatic nitrogens is 1. The second kappa shape index (κ2) is 5.74. The number of nitrogens with one attached hydrogen (secondary N) is 1. The van der Waals surface area contributed by atoms with Crippen LogP contribution in [0.2, 0.25) is 0 Å². The van der Waals surface area contributed by atoms with Crippen molar-refractivity contribution in [3.8, 4) is 6.07 Å². The van der Waals surface area contributed by atoms with Gasteiger partial charge in [0.15, 0.2) is 0 Å². The van der Waals surface area contributed by atoms with Crippen molar-refractivity contribution in [3.63, 3.8) is 0 Å². The summed E-state index contributed by atoms with van der Waals surface area (Å²) in [5.74, 6) is 0. The molecule has 2 atom stereocenters. The SMILES string of the molecule is CCC(CC#N)NC(C)c1nccs1. The molecule has 1 aromatic rings.